The fourth-order valence-corrected chi connectivity index (χ4v) is 1.59. The number of anilines is 1. The number of benzene rings is 1. The van der Waals surface area contributed by atoms with E-state index in [1.54, 1.807) is 12.1 Å². The summed E-state index contributed by atoms with van der Waals surface area (Å²) in [6.07, 6.45) is 0. The summed E-state index contributed by atoms with van der Waals surface area (Å²) in [7, 11) is 0. The van der Waals surface area contributed by atoms with Crippen LogP contribution in [0.2, 0.25) is 0 Å². The van der Waals surface area contributed by atoms with Crippen molar-refractivity contribution in [2.24, 2.45) is 0 Å². The first kappa shape index (κ1) is 8.23. The molecular formula is C10H13NO2. The lowest BCUT2D eigenvalue weighted by Crippen LogP contribution is -2.32. The summed E-state index contributed by atoms with van der Waals surface area (Å²) in [5.74, 6) is 1.16. The minimum Gasteiger partial charge on any atom is -0.508 e. The first-order valence-corrected chi connectivity index (χ1v) is 4.52. The molecule has 0 radical (unpaired) electrons. The van der Waals surface area contributed by atoms with Crippen LogP contribution in [-0.4, -0.2) is 24.8 Å². The molecule has 3 nitrogen and oxygen atoms in total. The van der Waals surface area contributed by atoms with Crippen molar-refractivity contribution in [3.8, 4) is 11.5 Å². The molecule has 1 aliphatic rings. The topological polar surface area (TPSA) is 32.7 Å². The Balaban J connectivity index is 2.41. The van der Waals surface area contributed by atoms with Crippen LogP contribution in [0.5, 0.6) is 11.5 Å². The van der Waals surface area contributed by atoms with Gasteiger partial charge < -0.3 is 14.7 Å². The summed E-state index contributed by atoms with van der Waals surface area (Å²) in [4.78, 5) is 2.19. The van der Waals surface area contributed by atoms with Crippen molar-refractivity contribution in [2.75, 3.05) is 24.6 Å². The molecular weight excluding hydrogens is 166 g/mol. The van der Waals surface area contributed by atoms with Gasteiger partial charge in [0.25, 0.3) is 0 Å². The summed E-state index contributed by atoms with van der Waals surface area (Å²) in [5, 5.41) is 9.32. The average Bonchev–Trinajstić information content (AvgIpc) is 2.17. The number of likely N-dealkylation sites (N-methyl/N-ethyl adjacent to an activating group) is 1. The van der Waals surface area contributed by atoms with Crippen LogP contribution in [0.25, 0.3) is 0 Å². The highest BCUT2D eigenvalue weighted by atomic mass is 16.5. The van der Waals surface area contributed by atoms with Gasteiger partial charge >= 0.3 is 0 Å². The molecule has 0 saturated carbocycles. The van der Waals surface area contributed by atoms with Crippen molar-refractivity contribution in [3.05, 3.63) is 18.2 Å². The second-order valence-electron chi connectivity index (χ2n) is 3.08. The molecule has 1 heterocycles. The minimum atomic E-state index is 0.294. The maximum absolute atomic E-state index is 9.32. The molecule has 0 atom stereocenters. The minimum absolute atomic E-state index is 0.294. The van der Waals surface area contributed by atoms with Crippen molar-refractivity contribution in [3.63, 3.8) is 0 Å². The van der Waals surface area contributed by atoms with Gasteiger partial charge in [0, 0.05) is 12.6 Å². The fraction of sp³-hybridized carbons (Fsp3) is 0.400. The molecule has 0 aromatic heterocycles. The van der Waals surface area contributed by atoms with Crippen LogP contribution in [0, 0.1) is 0 Å². The van der Waals surface area contributed by atoms with Crippen molar-refractivity contribution in [1.82, 2.24) is 0 Å². The summed E-state index contributed by atoms with van der Waals surface area (Å²) in [6.45, 7) is 4.66. The van der Waals surface area contributed by atoms with Gasteiger partial charge in [-0.2, -0.15) is 0 Å². The Morgan fingerprint density at radius 2 is 2.38 bits per heavy atom. The van der Waals surface area contributed by atoms with Gasteiger partial charge in [0.15, 0.2) is 0 Å². The fourth-order valence-electron chi connectivity index (χ4n) is 1.59. The third-order valence-electron chi connectivity index (χ3n) is 2.28. The predicted octanol–water partition coefficient (Wildman–Crippen LogP) is 1.61. The van der Waals surface area contributed by atoms with Gasteiger partial charge in [0.1, 0.15) is 18.1 Å². The molecule has 0 aliphatic carbocycles. The summed E-state index contributed by atoms with van der Waals surface area (Å²) in [5.41, 5.74) is 0.994. The SMILES string of the molecule is CCN1CCOc2ccc(O)cc21. The largest absolute Gasteiger partial charge is 0.508 e. The molecule has 1 aromatic carbocycles. The molecule has 13 heavy (non-hydrogen) atoms. The average molecular weight is 179 g/mol. The summed E-state index contributed by atoms with van der Waals surface area (Å²) >= 11 is 0. The second-order valence-corrected chi connectivity index (χ2v) is 3.08. The van der Waals surface area contributed by atoms with Gasteiger partial charge in [0.05, 0.1) is 12.2 Å². The Morgan fingerprint density at radius 3 is 3.15 bits per heavy atom. The van der Waals surface area contributed by atoms with E-state index in [4.69, 9.17) is 4.74 Å². The molecule has 70 valence electrons. The van der Waals surface area contributed by atoms with Crippen molar-refractivity contribution in [2.45, 2.75) is 6.92 Å². The number of aromatic hydroxyl groups is 1. The van der Waals surface area contributed by atoms with E-state index >= 15 is 0 Å². The molecule has 2 rings (SSSR count). The smallest absolute Gasteiger partial charge is 0.142 e. The zero-order chi connectivity index (χ0) is 9.26. The first-order chi connectivity index (χ1) is 6.31. The summed E-state index contributed by atoms with van der Waals surface area (Å²) in [6, 6.07) is 5.21. The lowest BCUT2D eigenvalue weighted by Gasteiger charge is -2.30. The number of hydrogen-bond donors (Lipinski definition) is 1. The number of nitrogens with zero attached hydrogens (tertiary/aromatic N) is 1. The molecule has 0 spiro atoms. The van der Waals surface area contributed by atoms with Crippen molar-refractivity contribution in [1.29, 1.82) is 0 Å². The van der Waals surface area contributed by atoms with E-state index in [0.717, 1.165) is 31.1 Å². The van der Waals surface area contributed by atoms with Crippen molar-refractivity contribution < 1.29 is 9.84 Å². The molecule has 1 aliphatic heterocycles. The van der Waals surface area contributed by atoms with Crippen LogP contribution < -0.4 is 9.64 Å². The van der Waals surface area contributed by atoms with Crippen LogP contribution in [0.3, 0.4) is 0 Å². The van der Waals surface area contributed by atoms with Gasteiger partial charge in [-0.1, -0.05) is 0 Å². The molecule has 0 bridgehead atoms. The second kappa shape index (κ2) is 3.17. The number of rotatable bonds is 1. The van der Waals surface area contributed by atoms with Crippen LogP contribution in [-0.2, 0) is 0 Å². The van der Waals surface area contributed by atoms with Crippen LogP contribution in [0.4, 0.5) is 5.69 Å². The van der Waals surface area contributed by atoms with Crippen molar-refractivity contribution >= 4 is 5.69 Å². The molecule has 3 heteroatoms. The van der Waals surface area contributed by atoms with E-state index in [1.165, 1.54) is 0 Å². The Hall–Kier alpha value is -1.38. The number of phenolic OH excluding ortho intramolecular Hbond substituents is 1. The zero-order valence-electron chi connectivity index (χ0n) is 7.66. The number of phenols is 1. The molecule has 1 N–H and O–H groups in total. The van der Waals surface area contributed by atoms with E-state index in [2.05, 4.69) is 11.8 Å². The van der Waals surface area contributed by atoms with E-state index < -0.39 is 0 Å². The van der Waals surface area contributed by atoms with Crippen LogP contribution in [0.1, 0.15) is 6.92 Å². The zero-order valence-corrected chi connectivity index (χ0v) is 7.66. The van der Waals surface area contributed by atoms with E-state index in [9.17, 15) is 5.11 Å². The maximum Gasteiger partial charge on any atom is 0.142 e. The first-order valence-electron chi connectivity index (χ1n) is 4.52. The monoisotopic (exact) mass is 179 g/mol. The van der Waals surface area contributed by atoms with Gasteiger partial charge in [-0.05, 0) is 19.1 Å². The van der Waals surface area contributed by atoms with Gasteiger partial charge in [0.2, 0.25) is 0 Å². The van der Waals surface area contributed by atoms with E-state index in [1.807, 2.05) is 6.07 Å². The predicted molar refractivity (Wildman–Crippen MR) is 51.5 cm³/mol. The quantitative estimate of drug-likeness (QED) is 0.711. The van der Waals surface area contributed by atoms with Crippen LogP contribution >= 0.6 is 0 Å². The highest BCUT2D eigenvalue weighted by Gasteiger charge is 2.16. The number of hydrogen-bond acceptors (Lipinski definition) is 3. The Kier molecular flexibility index (Phi) is 2.00. The van der Waals surface area contributed by atoms with Gasteiger partial charge in [-0.3, -0.25) is 0 Å². The third kappa shape index (κ3) is 1.41. The van der Waals surface area contributed by atoms with E-state index in [0.29, 0.717) is 5.75 Å². The molecule has 0 saturated heterocycles. The number of ether oxygens (including phenoxy) is 1. The molecule has 0 fully saturated rings. The molecule has 1 aromatic rings. The maximum atomic E-state index is 9.32. The van der Waals surface area contributed by atoms with E-state index in [-0.39, 0.29) is 0 Å². The third-order valence-corrected chi connectivity index (χ3v) is 2.28. The Morgan fingerprint density at radius 1 is 1.54 bits per heavy atom. The lowest BCUT2D eigenvalue weighted by molar-refractivity contribution is 0.307. The lowest BCUT2D eigenvalue weighted by atomic mass is 10.2. The van der Waals surface area contributed by atoms with Crippen LogP contribution in [0.15, 0.2) is 18.2 Å². The number of fused-ring (bicyclic) bond motifs is 1. The van der Waals surface area contributed by atoms with Gasteiger partial charge in [-0.15, -0.1) is 0 Å². The highest BCUT2D eigenvalue weighted by Crippen LogP contribution is 2.33. The highest BCUT2D eigenvalue weighted by molar-refractivity contribution is 5.62. The normalized spacial score (nSPS) is 15.0. The summed E-state index contributed by atoms with van der Waals surface area (Å²) < 4.78 is 5.46. The Bertz CT molecular complexity index is 312. The Labute approximate surface area is 77.6 Å². The van der Waals surface area contributed by atoms with Gasteiger partial charge in [-0.25, -0.2) is 0 Å². The molecule has 0 unspecified atom stereocenters. The molecule has 0 amide bonds. The standard InChI is InChI=1S/C10H13NO2/c1-2-11-5-6-13-10-4-3-8(12)7-9(10)11/h3-4,7,12H,2,5-6H2,1H3.